The van der Waals surface area contributed by atoms with E-state index in [1.807, 2.05) is 0 Å². The van der Waals surface area contributed by atoms with E-state index < -0.39 is 23.5 Å². The maximum Gasteiger partial charge on any atom is 0.300 e. The minimum Gasteiger partial charge on any atom is -0.507 e. The number of aliphatic hydroxyl groups excluding tert-OH is 1. The van der Waals surface area contributed by atoms with Gasteiger partial charge < -0.3 is 14.3 Å². The minimum atomic E-state index is -0.998. The van der Waals surface area contributed by atoms with Crippen LogP contribution in [0, 0.1) is 0 Å². The summed E-state index contributed by atoms with van der Waals surface area (Å²) in [5.74, 6) is -1.50. The second kappa shape index (κ2) is 7.89. The monoisotopic (exact) mass is 443 g/mol. The van der Waals surface area contributed by atoms with Crippen LogP contribution in [0.3, 0.4) is 0 Å². The van der Waals surface area contributed by atoms with Gasteiger partial charge in [-0.25, -0.2) is 0 Å². The summed E-state index contributed by atoms with van der Waals surface area (Å²) in [6.45, 7) is 0. The van der Waals surface area contributed by atoms with Crippen LogP contribution >= 0.6 is 23.2 Å². The molecule has 3 aromatic rings. The van der Waals surface area contributed by atoms with Gasteiger partial charge in [-0.2, -0.15) is 0 Å². The number of rotatable bonds is 4. The Labute approximate surface area is 181 Å². The van der Waals surface area contributed by atoms with Crippen LogP contribution in [-0.4, -0.2) is 23.9 Å². The van der Waals surface area contributed by atoms with Gasteiger partial charge in [0.25, 0.3) is 11.7 Å². The second-order valence-corrected chi connectivity index (χ2v) is 7.38. The molecule has 1 saturated heterocycles. The molecule has 1 atom stereocenters. The number of furan rings is 1. The summed E-state index contributed by atoms with van der Waals surface area (Å²) in [6.07, 6.45) is 1.42. The number of anilines is 1. The number of hydrogen-bond acceptors (Lipinski definition) is 5. The summed E-state index contributed by atoms with van der Waals surface area (Å²) in [4.78, 5) is 27.2. The van der Waals surface area contributed by atoms with Crippen LogP contribution in [0.4, 0.5) is 5.69 Å². The summed E-state index contributed by atoms with van der Waals surface area (Å²) in [6, 6.07) is 13.4. The highest BCUT2D eigenvalue weighted by atomic mass is 35.5. The highest BCUT2D eigenvalue weighted by Gasteiger charge is 2.48. The number of hydrogen-bond donors (Lipinski definition) is 1. The smallest absolute Gasteiger partial charge is 0.300 e. The third-order valence-electron chi connectivity index (χ3n) is 4.76. The zero-order valence-electron chi connectivity index (χ0n) is 15.6. The molecule has 1 amide bonds. The number of benzene rings is 2. The number of aliphatic hydroxyl groups is 1. The van der Waals surface area contributed by atoms with Crippen molar-refractivity contribution in [3.8, 4) is 5.75 Å². The van der Waals surface area contributed by atoms with Gasteiger partial charge in [0.15, 0.2) is 0 Å². The van der Waals surface area contributed by atoms with E-state index in [0.29, 0.717) is 27.2 Å². The van der Waals surface area contributed by atoms with E-state index in [1.54, 1.807) is 48.5 Å². The Hall–Kier alpha value is -3.22. The van der Waals surface area contributed by atoms with E-state index in [4.69, 9.17) is 32.4 Å². The third-order valence-corrected chi connectivity index (χ3v) is 5.23. The summed E-state index contributed by atoms with van der Waals surface area (Å²) in [5.41, 5.74) is 0.434. The fourth-order valence-electron chi connectivity index (χ4n) is 3.45. The van der Waals surface area contributed by atoms with E-state index in [-0.39, 0.29) is 11.1 Å². The zero-order valence-corrected chi connectivity index (χ0v) is 17.1. The summed E-state index contributed by atoms with van der Waals surface area (Å²) in [5, 5.41) is 11.8. The fraction of sp³-hybridized carbons (Fsp3) is 0.0909. The quantitative estimate of drug-likeness (QED) is 0.339. The number of nitrogens with zero attached hydrogens (tertiary/aromatic N) is 1. The average molecular weight is 444 g/mol. The highest BCUT2D eigenvalue weighted by molar-refractivity contribution is 6.51. The number of carbonyl (C=O) groups excluding carboxylic acids is 2. The molecule has 0 radical (unpaired) electrons. The Bertz CT molecular complexity index is 1170. The van der Waals surface area contributed by atoms with Crippen molar-refractivity contribution in [2.24, 2.45) is 0 Å². The Kier molecular flexibility index (Phi) is 5.28. The molecule has 0 saturated carbocycles. The third kappa shape index (κ3) is 3.34. The zero-order chi connectivity index (χ0) is 21.4. The van der Waals surface area contributed by atoms with E-state index in [1.165, 1.54) is 24.3 Å². The van der Waals surface area contributed by atoms with Crippen molar-refractivity contribution < 1.29 is 23.8 Å². The van der Waals surface area contributed by atoms with Gasteiger partial charge in [0.1, 0.15) is 23.3 Å². The van der Waals surface area contributed by atoms with Crippen LogP contribution in [0.25, 0.3) is 5.76 Å². The first-order valence-electron chi connectivity index (χ1n) is 8.86. The molecule has 1 aliphatic heterocycles. The Morgan fingerprint density at radius 3 is 2.50 bits per heavy atom. The Morgan fingerprint density at radius 1 is 1.07 bits per heavy atom. The van der Waals surface area contributed by atoms with Gasteiger partial charge >= 0.3 is 0 Å². The molecule has 1 aliphatic rings. The van der Waals surface area contributed by atoms with Crippen molar-refractivity contribution in [3.05, 3.63) is 87.8 Å². The lowest BCUT2D eigenvalue weighted by molar-refractivity contribution is -0.132. The van der Waals surface area contributed by atoms with Crippen LogP contribution < -0.4 is 9.64 Å². The predicted octanol–water partition coefficient (Wildman–Crippen LogP) is 5.22. The first-order valence-corrected chi connectivity index (χ1v) is 9.62. The molecule has 0 spiro atoms. The van der Waals surface area contributed by atoms with Crippen LogP contribution in [0.15, 0.2) is 70.9 Å². The molecule has 152 valence electrons. The van der Waals surface area contributed by atoms with Crippen molar-refractivity contribution in [1.82, 2.24) is 0 Å². The van der Waals surface area contributed by atoms with E-state index >= 15 is 0 Å². The lowest BCUT2D eigenvalue weighted by Gasteiger charge is -2.23. The number of halogens is 2. The molecule has 30 heavy (non-hydrogen) atoms. The number of ether oxygens (including phenoxy) is 1. The minimum absolute atomic E-state index is 0.143. The van der Waals surface area contributed by atoms with Gasteiger partial charge in [-0.3, -0.25) is 14.5 Å². The normalized spacial score (nSPS) is 18.1. The molecule has 2 heterocycles. The fourth-order valence-corrected chi connectivity index (χ4v) is 3.81. The number of amides is 1. The van der Waals surface area contributed by atoms with Crippen molar-refractivity contribution in [2.45, 2.75) is 6.04 Å². The molecule has 6 nitrogen and oxygen atoms in total. The maximum atomic E-state index is 13.0. The first-order chi connectivity index (χ1) is 14.4. The van der Waals surface area contributed by atoms with Gasteiger partial charge in [0, 0.05) is 15.7 Å². The molecule has 1 unspecified atom stereocenters. The molecule has 0 aliphatic carbocycles. The molecule has 0 bridgehead atoms. The average Bonchev–Trinajstić information content (AvgIpc) is 3.34. The molecule has 4 rings (SSSR count). The molecule has 1 aromatic heterocycles. The van der Waals surface area contributed by atoms with Gasteiger partial charge in [-0.05, 0) is 48.5 Å². The van der Waals surface area contributed by atoms with Crippen LogP contribution in [0.1, 0.15) is 17.4 Å². The van der Waals surface area contributed by atoms with Gasteiger partial charge in [0.2, 0.25) is 0 Å². The number of Topliss-reactive ketones (excluding diaryl/α,β-unsaturated/α-hetero) is 1. The number of ketones is 1. The lowest BCUT2D eigenvalue weighted by Crippen LogP contribution is -2.29. The molecule has 1 N–H and O–H groups in total. The largest absolute Gasteiger partial charge is 0.507 e. The van der Waals surface area contributed by atoms with Gasteiger partial charge in [-0.1, -0.05) is 29.3 Å². The molecular weight excluding hydrogens is 429 g/mol. The molecule has 8 heteroatoms. The van der Waals surface area contributed by atoms with Crippen molar-refractivity contribution in [2.75, 3.05) is 12.0 Å². The SMILES string of the molecule is COc1ccc(Cl)cc1/C(O)=C1/C(=O)C(=O)N(c2cccc(Cl)c2)C1c1ccco1. The Morgan fingerprint density at radius 2 is 1.83 bits per heavy atom. The van der Waals surface area contributed by atoms with E-state index in [0.717, 1.165) is 0 Å². The Balaban J connectivity index is 1.97. The topological polar surface area (TPSA) is 80.0 Å². The first kappa shape index (κ1) is 20.1. The summed E-state index contributed by atoms with van der Waals surface area (Å²) < 4.78 is 10.8. The predicted molar refractivity (Wildman–Crippen MR) is 113 cm³/mol. The summed E-state index contributed by atoms with van der Waals surface area (Å²) >= 11 is 12.2. The van der Waals surface area contributed by atoms with Crippen molar-refractivity contribution in [3.63, 3.8) is 0 Å². The van der Waals surface area contributed by atoms with E-state index in [2.05, 4.69) is 0 Å². The van der Waals surface area contributed by atoms with E-state index in [9.17, 15) is 14.7 Å². The molecule has 2 aromatic carbocycles. The molecular formula is C22H15Cl2NO5. The lowest BCUT2D eigenvalue weighted by atomic mass is 9.98. The van der Waals surface area contributed by atoms with Crippen LogP contribution in [0.2, 0.25) is 10.0 Å². The van der Waals surface area contributed by atoms with Gasteiger partial charge in [-0.15, -0.1) is 0 Å². The van der Waals surface area contributed by atoms with Crippen LogP contribution in [0.5, 0.6) is 5.75 Å². The van der Waals surface area contributed by atoms with Gasteiger partial charge in [0.05, 0.1) is 24.5 Å². The number of carbonyl (C=O) groups is 2. The summed E-state index contributed by atoms with van der Waals surface area (Å²) in [7, 11) is 1.43. The second-order valence-electron chi connectivity index (χ2n) is 6.51. The maximum absolute atomic E-state index is 13.0. The van der Waals surface area contributed by atoms with Crippen LogP contribution in [-0.2, 0) is 9.59 Å². The van der Waals surface area contributed by atoms with Crippen molar-refractivity contribution >= 4 is 46.3 Å². The molecule has 1 fully saturated rings. The highest BCUT2D eigenvalue weighted by Crippen LogP contribution is 2.44. The standard InChI is InChI=1S/C22H15Cl2NO5/c1-29-16-8-7-13(24)11-15(16)20(26)18-19(17-6-3-9-30-17)25(22(28)21(18)27)14-5-2-4-12(23)10-14/h2-11,19,26H,1H3/b20-18-. The van der Waals surface area contributed by atoms with Crippen molar-refractivity contribution in [1.29, 1.82) is 0 Å². The number of methoxy groups -OCH3 is 1.